The van der Waals surface area contributed by atoms with E-state index >= 15 is 0 Å². The second-order valence-electron chi connectivity index (χ2n) is 4.18. The van der Waals surface area contributed by atoms with Gasteiger partial charge in [-0.1, -0.05) is 6.07 Å². The number of rotatable bonds is 8. The van der Waals surface area contributed by atoms with Crippen LogP contribution in [0.15, 0.2) is 18.2 Å². The number of aromatic nitrogens is 1. The molecule has 0 aromatic carbocycles. The minimum Gasteiger partial charge on any atom is -0.370 e. The Kier molecular flexibility index (Phi) is 6.71. The molecule has 106 valence electrons. The number of nitrogens with one attached hydrogen (secondary N) is 2. The molecule has 0 bridgehead atoms. The van der Waals surface area contributed by atoms with Gasteiger partial charge in [0.1, 0.15) is 11.6 Å². The summed E-state index contributed by atoms with van der Waals surface area (Å²) < 4.78 is 0. The zero-order valence-corrected chi connectivity index (χ0v) is 12.1. The molecule has 0 radical (unpaired) electrons. The lowest BCUT2D eigenvalue weighted by Crippen LogP contribution is -2.31. The van der Waals surface area contributed by atoms with Gasteiger partial charge in [0.05, 0.1) is 0 Å². The van der Waals surface area contributed by atoms with E-state index in [2.05, 4.69) is 15.6 Å². The van der Waals surface area contributed by atoms with Gasteiger partial charge in [-0.3, -0.25) is 4.79 Å². The van der Waals surface area contributed by atoms with E-state index in [9.17, 15) is 4.79 Å². The van der Waals surface area contributed by atoms with Crippen molar-refractivity contribution >= 4 is 17.5 Å². The first kappa shape index (κ1) is 15.3. The molecule has 19 heavy (non-hydrogen) atoms. The van der Waals surface area contributed by atoms with E-state index in [0.29, 0.717) is 13.0 Å². The van der Waals surface area contributed by atoms with E-state index in [1.165, 1.54) is 0 Å². The molecule has 1 heterocycles. The molecule has 0 saturated carbocycles. The van der Waals surface area contributed by atoms with Crippen LogP contribution in [0.3, 0.4) is 0 Å². The van der Waals surface area contributed by atoms with Crippen LogP contribution in [-0.4, -0.2) is 42.0 Å². The summed E-state index contributed by atoms with van der Waals surface area (Å²) in [6.45, 7) is 9.01. The summed E-state index contributed by atoms with van der Waals surface area (Å²) in [5.41, 5.74) is 0. The number of hydrogen-bond acceptors (Lipinski definition) is 4. The van der Waals surface area contributed by atoms with Gasteiger partial charge < -0.3 is 15.5 Å². The molecule has 0 saturated heterocycles. The van der Waals surface area contributed by atoms with Crippen molar-refractivity contribution in [2.75, 3.05) is 36.8 Å². The zero-order chi connectivity index (χ0) is 14.1. The highest BCUT2D eigenvalue weighted by atomic mass is 16.2. The topological polar surface area (TPSA) is 57.3 Å². The molecule has 0 aliphatic rings. The predicted molar refractivity (Wildman–Crippen MR) is 79.4 cm³/mol. The Morgan fingerprint density at radius 2 is 1.79 bits per heavy atom. The Morgan fingerprint density at radius 1 is 1.16 bits per heavy atom. The van der Waals surface area contributed by atoms with Crippen LogP contribution in [0.2, 0.25) is 0 Å². The van der Waals surface area contributed by atoms with Gasteiger partial charge in [0, 0.05) is 32.6 Å². The molecule has 1 amide bonds. The molecule has 0 aliphatic heterocycles. The molecular weight excluding hydrogens is 240 g/mol. The van der Waals surface area contributed by atoms with Crippen molar-refractivity contribution in [1.82, 2.24) is 9.88 Å². The minimum absolute atomic E-state index is 0.181. The first-order chi connectivity index (χ1) is 9.21. The van der Waals surface area contributed by atoms with Crippen molar-refractivity contribution in [3.8, 4) is 0 Å². The smallest absolute Gasteiger partial charge is 0.224 e. The molecule has 2 N–H and O–H groups in total. The molecule has 5 heteroatoms. The van der Waals surface area contributed by atoms with Crippen LogP contribution < -0.4 is 10.6 Å². The summed E-state index contributed by atoms with van der Waals surface area (Å²) in [7, 11) is 0. The number of pyridine rings is 1. The summed E-state index contributed by atoms with van der Waals surface area (Å²) in [5.74, 6) is 1.83. The monoisotopic (exact) mass is 264 g/mol. The fraction of sp³-hybridized carbons (Fsp3) is 0.571. The van der Waals surface area contributed by atoms with Gasteiger partial charge in [-0.15, -0.1) is 0 Å². The molecule has 0 spiro atoms. The number of hydrogen-bond donors (Lipinski definition) is 2. The highest BCUT2D eigenvalue weighted by molar-refractivity contribution is 5.76. The van der Waals surface area contributed by atoms with E-state index < -0.39 is 0 Å². The average molecular weight is 264 g/mol. The van der Waals surface area contributed by atoms with Crippen LogP contribution in [0.25, 0.3) is 0 Å². The standard InChI is InChI=1S/C14H24N4O/c1-4-15-12-8-7-9-13(17-12)16-11-10-14(19)18(5-2)6-3/h7-9H,4-6,10-11H2,1-3H3,(H2,15,16,17). The molecule has 1 rings (SSSR count). The summed E-state index contributed by atoms with van der Waals surface area (Å²) in [6, 6.07) is 5.78. The van der Waals surface area contributed by atoms with Gasteiger partial charge in [0.15, 0.2) is 0 Å². The average Bonchev–Trinajstić information content (AvgIpc) is 2.41. The first-order valence-corrected chi connectivity index (χ1v) is 6.93. The van der Waals surface area contributed by atoms with Crippen molar-refractivity contribution in [3.63, 3.8) is 0 Å². The maximum absolute atomic E-state index is 11.8. The van der Waals surface area contributed by atoms with Crippen molar-refractivity contribution in [2.45, 2.75) is 27.2 Å². The Morgan fingerprint density at radius 3 is 2.37 bits per heavy atom. The zero-order valence-electron chi connectivity index (χ0n) is 12.1. The highest BCUT2D eigenvalue weighted by Gasteiger charge is 2.08. The van der Waals surface area contributed by atoms with Gasteiger partial charge in [-0.05, 0) is 32.9 Å². The minimum atomic E-state index is 0.181. The van der Waals surface area contributed by atoms with Crippen LogP contribution in [0.4, 0.5) is 11.6 Å². The summed E-state index contributed by atoms with van der Waals surface area (Å²) in [4.78, 5) is 18.1. The second kappa shape index (κ2) is 8.34. The van der Waals surface area contributed by atoms with Crippen LogP contribution >= 0.6 is 0 Å². The molecule has 0 atom stereocenters. The maximum Gasteiger partial charge on any atom is 0.224 e. The normalized spacial score (nSPS) is 10.1. The van der Waals surface area contributed by atoms with E-state index in [-0.39, 0.29) is 5.91 Å². The summed E-state index contributed by atoms with van der Waals surface area (Å²) in [6.07, 6.45) is 0.495. The fourth-order valence-corrected chi connectivity index (χ4v) is 1.84. The maximum atomic E-state index is 11.8. The summed E-state index contributed by atoms with van der Waals surface area (Å²) in [5, 5.41) is 6.34. The number of anilines is 2. The first-order valence-electron chi connectivity index (χ1n) is 6.93. The van der Waals surface area contributed by atoms with E-state index in [0.717, 1.165) is 31.3 Å². The lowest BCUT2D eigenvalue weighted by atomic mass is 10.3. The molecule has 1 aromatic heterocycles. The Balaban J connectivity index is 2.40. The highest BCUT2D eigenvalue weighted by Crippen LogP contribution is 2.08. The second-order valence-corrected chi connectivity index (χ2v) is 4.18. The third kappa shape index (κ3) is 5.16. The lowest BCUT2D eigenvalue weighted by Gasteiger charge is -2.18. The van der Waals surface area contributed by atoms with Gasteiger partial charge in [0.25, 0.3) is 0 Å². The van der Waals surface area contributed by atoms with Crippen LogP contribution in [0.5, 0.6) is 0 Å². The van der Waals surface area contributed by atoms with Crippen molar-refractivity contribution < 1.29 is 4.79 Å². The SMILES string of the molecule is CCNc1cccc(NCCC(=O)N(CC)CC)n1. The molecule has 1 aromatic rings. The van der Waals surface area contributed by atoms with Gasteiger partial charge in [0.2, 0.25) is 5.91 Å². The molecule has 0 aliphatic carbocycles. The number of carbonyl (C=O) groups excluding carboxylic acids is 1. The molecule has 0 fully saturated rings. The van der Waals surface area contributed by atoms with Crippen molar-refractivity contribution in [3.05, 3.63) is 18.2 Å². The molecular formula is C14H24N4O. The van der Waals surface area contributed by atoms with Crippen LogP contribution in [0, 0.1) is 0 Å². The third-order valence-electron chi connectivity index (χ3n) is 2.87. The largest absolute Gasteiger partial charge is 0.370 e. The van der Waals surface area contributed by atoms with Gasteiger partial charge in [-0.2, -0.15) is 0 Å². The third-order valence-corrected chi connectivity index (χ3v) is 2.87. The molecule has 5 nitrogen and oxygen atoms in total. The Bertz CT molecular complexity index is 391. The Hall–Kier alpha value is -1.78. The van der Waals surface area contributed by atoms with E-state index in [4.69, 9.17) is 0 Å². The summed E-state index contributed by atoms with van der Waals surface area (Å²) >= 11 is 0. The van der Waals surface area contributed by atoms with Gasteiger partial charge >= 0.3 is 0 Å². The molecule has 0 unspecified atom stereocenters. The number of nitrogens with zero attached hydrogens (tertiary/aromatic N) is 2. The quantitative estimate of drug-likeness (QED) is 0.755. The van der Waals surface area contributed by atoms with E-state index in [1.807, 2.05) is 43.9 Å². The van der Waals surface area contributed by atoms with E-state index in [1.54, 1.807) is 0 Å². The lowest BCUT2D eigenvalue weighted by molar-refractivity contribution is -0.130. The Labute approximate surface area is 115 Å². The van der Waals surface area contributed by atoms with Crippen LogP contribution in [-0.2, 0) is 4.79 Å². The number of carbonyl (C=O) groups is 1. The van der Waals surface area contributed by atoms with Gasteiger partial charge in [-0.25, -0.2) is 4.98 Å². The fourth-order valence-electron chi connectivity index (χ4n) is 1.84. The predicted octanol–water partition coefficient (Wildman–Crippen LogP) is 2.18. The van der Waals surface area contributed by atoms with Crippen molar-refractivity contribution in [2.24, 2.45) is 0 Å². The van der Waals surface area contributed by atoms with Crippen LogP contribution in [0.1, 0.15) is 27.2 Å². The number of amides is 1. The van der Waals surface area contributed by atoms with Crippen molar-refractivity contribution in [1.29, 1.82) is 0 Å².